The van der Waals surface area contributed by atoms with Crippen molar-refractivity contribution in [3.63, 3.8) is 0 Å². The van der Waals surface area contributed by atoms with Gasteiger partial charge >= 0.3 is 0 Å². The van der Waals surface area contributed by atoms with Gasteiger partial charge in [-0.05, 0) is 92.7 Å². The maximum atomic E-state index is 6.67. The van der Waals surface area contributed by atoms with Crippen LogP contribution in [0.4, 0.5) is 0 Å². The van der Waals surface area contributed by atoms with Crippen LogP contribution < -0.4 is 25.0 Å². The highest BCUT2D eigenvalue weighted by Crippen LogP contribution is 2.48. The van der Waals surface area contributed by atoms with Gasteiger partial charge < -0.3 is 9.47 Å². The first-order valence-electron chi connectivity index (χ1n) is 16.3. The molecule has 0 saturated heterocycles. The van der Waals surface area contributed by atoms with Crippen molar-refractivity contribution in [2.24, 2.45) is 0 Å². The molecule has 2 nitrogen and oxygen atoms in total. The number of methoxy groups -OCH3 is 2. The smallest absolute Gasteiger partial charge is 0.163 e. The highest BCUT2D eigenvalue weighted by molar-refractivity contribution is 7.13. The molecule has 6 rings (SSSR count). The molecule has 3 heteroatoms. The van der Waals surface area contributed by atoms with E-state index in [1.54, 1.807) is 7.11 Å². The molecular weight excluding hydrogens is 565 g/mol. The van der Waals surface area contributed by atoms with Gasteiger partial charge in [0.15, 0.2) is 8.07 Å². The molecule has 0 radical (unpaired) electrons. The van der Waals surface area contributed by atoms with Crippen molar-refractivity contribution in [2.75, 3.05) is 14.2 Å². The fourth-order valence-electron chi connectivity index (χ4n) is 7.64. The highest BCUT2D eigenvalue weighted by Gasteiger charge is 2.50. The average Bonchev–Trinajstić information content (AvgIpc) is 3.65. The van der Waals surface area contributed by atoms with E-state index in [0.29, 0.717) is 0 Å². The van der Waals surface area contributed by atoms with Crippen LogP contribution in [-0.4, -0.2) is 22.3 Å². The van der Waals surface area contributed by atoms with Gasteiger partial charge in [-0.2, -0.15) is 0 Å². The first-order valence-corrected chi connectivity index (χ1v) is 18.3. The Balaban J connectivity index is 1.82. The summed E-state index contributed by atoms with van der Waals surface area (Å²) in [4.78, 5) is 0. The summed E-state index contributed by atoms with van der Waals surface area (Å²) in [5.41, 5.74) is 10.5. The second kappa shape index (κ2) is 11.2. The fourth-order valence-corrected chi connectivity index (χ4v) is 13.1. The van der Waals surface area contributed by atoms with Crippen LogP contribution >= 0.6 is 0 Å². The SMILES string of the molecule is COc1cc2c(cc1C(C)(C)C)-c1cc(C(C)(C)C)c(OC)c([Si](c3ccc(C)cc3)(c3ccc(C)cc3)C3C=CC=C3)c1C2. The Morgan fingerprint density at radius 3 is 1.62 bits per heavy atom. The summed E-state index contributed by atoms with van der Waals surface area (Å²) >= 11 is 0. The second-order valence-corrected chi connectivity index (χ2v) is 19.0. The van der Waals surface area contributed by atoms with Crippen LogP contribution in [0.5, 0.6) is 11.5 Å². The van der Waals surface area contributed by atoms with E-state index in [1.807, 2.05) is 7.11 Å². The Morgan fingerprint density at radius 2 is 1.16 bits per heavy atom. The third kappa shape index (κ3) is 5.10. The van der Waals surface area contributed by atoms with Crippen LogP contribution in [0, 0.1) is 13.8 Å². The molecule has 0 bridgehead atoms. The van der Waals surface area contributed by atoms with Gasteiger partial charge in [-0.15, -0.1) is 0 Å². The zero-order chi connectivity index (χ0) is 32.3. The zero-order valence-electron chi connectivity index (χ0n) is 28.8. The Kier molecular flexibility index (Phi) is 7.76. The highest BCUT2D eigenvalue weighted by atomic mass is 28.3. The van der Waals surface area contributed by atoms with Crippen molar-refractivity contribution in [1.29, 1.82) is 0 Å². The molecule has 2 aliphatic carbocycles. The Bertz CT molecular complexity index is 1750. The molecule has 2 aliphatic rings. The third-order valence-electron chi connectivity index (χ3n) is 9.95. The number of hydrogen-bond donors (Lipinski definition) is 0. The van der Waals surface area contributed by atoms with Gasteiger partial charge in [0, 0.05) is 11.1 Å². The lowest BCUT2D eigenvalue weighted by atomic mass is 9.82. The molecule has 0 aromatic heterocycles. The van der Waals surface area contributed by atoms with E-state index in [2.05, 4.69) is 146 Å². The molecule has 0 amide bonds. The number of aryl methyl sites for hydroxylation is 2. The fraction of sp³-hybridized carbons (Fsp3) is 0.333. The zero-order valence-corrected chi connectivity index (χ0v) is 29.8. The first-order chi connectivity index (χ1) is 21.3. The molecule has 0 atom stereocenters. The number of rotatable bonds is 6. The lowest BCUT2D eigenvalue weighted by molar-refractivity contribution is 0.397. The van der Waals surface area contributed by atoms with Gasteiger partial charge in [-0.3, -0.25) is 0 Å². The number of hydrogen-bond acceptors (Lipinski definition) is 2. The standard InChI is InChI=1S/C42H48O2Si/c1-27-15-19-31(20-16-27)45(30-13-11-12-14-30,32-21-17-28(2)18-22-32)40-35-23-29-24-38(43-9)36(41(3,4)5)25-33(29)34(35)26-37(39(40)44-10)42(6,7)8/h11-22,24-26,30H,23H2,1-10H3. The monoisotopic (exact) mass is 612 g/mol. The quantitative estimate of drug-likeness (QED) is 0.142. The topological polar surface area (TPSA) is 18.5 Å². The predicted molar refractivity (Wildman–Crippen MR) is 194 cm³/mol. The summed E-state index contributed by atoms with van der Waals surface area (Å²) in [7, 11) is 0.874. The van der Waals surface area contributed by atoms with Crippen molar-refractivity contribution in [2.45, 2.75) is 78.2 Å². The largest absolute Gasteiger partial charge is 0.497 e. The summed E-state index contributed by atoms with van der Waals surface area (Å²) in [5, 5.41) is 4.23. The molecule has 0 heterocycles. The number of ether oxygens (including phenoxy) is 2. The number of fused-ring (bicyclic) bond motifs is 3. The lowest BCUT2D eigenvalue weighted by Gasteiger charge is -2.41. The molecular formula is C42H48O2Si. The first kappa shape index (κ1) is 31.2. The minimum absolute atomic E-state index is 0.0486. The number of allylic oxidation sites excluding steroid dienone is 4. The third-order valence-corrected chi connectivity index (χ3v) is 15.1. The van der Waals surface area contributed by atoms with Crippen molar-refractivity contribution in [3.8, 4) is 22.6 Å². The maximum absolute atomic E-state index is 6.67. The number of benzene rings is 4. The Morgan fingerprint density at radius 1 is 0.644 bits per heavy atom. The van der Waals surface area contributed by atoms with Gasteiger partial charge in [0.2, 0.25) is 0 Å². The van der Waals surface area contributed by atoms with Crippen LogP contribution in [0.25, 0.3) is 11.1 Å². The maximum Gasteiger partial charge on any atom is 0.163 e. The van der Waals surface area contributed by atoms with Crippen LogP contribution in [-0.2, 0) is 17.3 Å². The molecule has 4 aromatic carbocycles. The van der Waals surface area contributed by atoms with Crippen molar-refractivity contribution >= 4 is 23.6 Å². The Labute approximate surface area is 271 Å². The van der Waals surface area contributed by atoms with Gasteiger partial charge in [0.1, 0.15) is 11.5 Å². The van der Waals surface area contributed by atoms with Crippen molar-refractivity contribution < 1.29 is 9.47 Å². The molecule has 0 N–H and O–H groups in total. The molecule has 0 unspecified atom stereocenters. The van der Waals surface area contributed by atoms with E-state index in [-0.39, 0.29) is 16.4 Å². The van der Waals surface area contributed by atoms with Crippen LogP contribution in [0.1, 0.15) is 74.9 Å². The van der Waals surface area contributed by atoms with Gasteiger partial charge in [0.05, 0.1) is 14.2 Å². The molecule has 0 fully saturated rings. The van der Waals surface area contributed by atoms with Crippen LogP contribution in [0.3, 0.4) is 0 Å². The minimum atomic E-state index is -2.81. The van der Waals surface area contributed by atoms with E-state index < -0.39 is 8.07 Å². The summed E-state index contributed by atoms with van der Waals surface area (Å²) in [6.45, 7) is 18.2. The van der Waals surface area contributed by atoms with E-state index >= 15 is 0 Å². The van der Waals surface area contributed by atoms with Gasteiger partial charge in [-0.1, -0.05) is 126 Å². The average molecular weight is 613 g/mol. The van der Waals surface area contributed by atoms with E-state index in [1.165, 1.54) is 60.1 Å². The molecule has 0 spiro atoms. The molecule has 0 aliphatic heterocycles. The molecule has 0 saturated carbocycles. The molecule has 4 aromatic rings. The summed E-state index contributed by atoms with van der Waals surface area (Å²) in [6, 6.07) is 26.0. The lowest BCUT2D eigenvalue weighted by Crippen LogP contribution is -2.70. The van der Waals surface area contributed by atoms with E-state index in [4.69, 9.17) is 9.47 Å². The van der Waals surface area contributed by atoms with Crippen LogP contribution in [0.15, 0.2) is 91.0 Å². The van der Waals surface area contributed by atoms with E-state index in [0.717, 1.165) is 17.9 Å². The Hall–Kier alpha value is -3.82. The molecule has 232 valence electrons. The van der Waals surface area contributed by atoms with Gasteiger partial charge in [0.25, 0.3) is 0 Å². The molecule has 45 heavy (non-hydrogen) atoms. The predicted octanol–water partition coefficient (Wildman–Crippen LogP) is 8.45. The minimum Gasteiger partial charge on any atom is -0.497 e. The van der Waals surface area contributed by atoms with Crippen LogP contribution in [0.2, 0.25) is 5.54 Å². The van der Waals surface area contributed by atoms with Gasteiger partial charge in [-0.25, -0.2) is 0 Å². The summed E-state index contributed by atoms with van der Waals surface area (Å²) < 4.78 is 12.7. The van der Waals surface area contributed by atoms with E-state index in [9.17, 15) is 0 Å². The summed E-state index contributed by atoms with van der Waals surface area (Å²) in [5.74, 6) is 2.03. The van der Waals surface area contributed by atoms with Crippen molar-refractivity contribution in [3.05, 3.63) is 124 Å². The van der Waals surface area contributed by atoms with Crippen molar-refractivity contribution in [1.82, 2.24) is 0 Å². The second-order valence-electron chi connectivity index (χ2n) is 15.1. The summed E-state index contributed by atoms with van der Waals surface area (Å²) in [6.07, 6.45) is 10.2. The normalized spacial score (nSPS) is 14.5.